The Hall–Kier alpha value is -5.67. The number of benzene rings is 3. The van der Waals surface area contributed by atoms with Crippen LogP contribution in [0.4, 0.5) is 8.78 Å². The quantitative estimate of drug-likeness (QED) is 0.163. The Morgan fingerprint density at radius 2 is 1.72 bits per heavy atom. The number of hydrogen-bond donors (Lipinski definition) is 2. The molecule has 5 aromatic rings. The van der Waals surface area contributed by atoms with Crippen LogP contribution in [0.1, 0.15) is 27.4 Å². The molecule has 3 aromatic carbocycles. The minimum Gasteiger partial charge on any atom is -0.484 e. The number of aliphatic hydroxyl groups is 1. The van der Waals surface area contributed by atoms with Crippen LogP contribution in [0, 0.1) is 33.0 Å². The second-order valence-electron chi connectivity index (χ2n) is 8.57. The van der Waals surface area contributed by atoms with Crippen LogP contribution in [-0.4, -0.2) is 37.3 Å². The van der Waals surface area contributed by atoms with Crippen LogP contribution in [0.5, 0.6) is 17.2 Å². The van der Waals surface area contributed by atoms with Crippen LogP contribution < -0.4 is 9.47 Å². The zero-order chi connectivity index (χ0) is 29.5. The van der Waals surface area contributed by atoms with Gasteiger partial charge >= 0.3 is 5.97 Å². The molecule has 1 radical (unpaired) electrons. The molecule has 12 heteroatoms. The molecule has 5 rings (SSSR count). The number of carbonyl (C=O) groups is 1. The number of aromatic carboxylic acids is 1. The first-order valence-corrected chi connectivity index (χ1v) is 12.5. The largest absolute Gasteiger partial charge is 0.484 e. The Labute approximate surface area is 246 Å². The molecular formula is C31H27ClEsF2N3O5-3. The van der Waals surface area contributed by atoms with Crippen LogP contribution in [0.15, 0.2) is 72.9 Å². The summed E-state index contributed by atoms with van der Waals surface area (Å²) in [6, 6.07) is 16.3. The molecule has 0 fully saturated rings. The van der Waals surface area contributed by atoms with Crippen molar-refractivity contribution in [3.63, 3.8) is 0 Å². The average molecular weight is 847 g/mol. The van der Waals surface area contributed by atoms with Gasteiger partial charge < -0.3 is 43.6 Å². The van der Waals surface area contributed by atoms with E-state index in [1.54, 1.807) is 30.3 Å². The Morgan fingerprint density at radius 1 is 1.00 bits per heavy atom. The molecule has 0 aliphatic carbocycles. The van der Waals surface area contributed by atoms with Gasteiger partial charge in [0.15, 0.2) is 11.6 Å². The van der Waals surface area contributed by atoms with Gasteiger partial charge in [0, 0.05) is 40.3 Å². The summed E-state index contributed by atoms with van der Waals surface area (Å²) in [5.74, 6) is -0.959. The monoisotopic (exact) mass is 846 g/mol. The second kappa shape index (κ2) is 14.8. The van der Waals surface area contributed by atoms with Crippen molar-refractivity contribution in [1.29, 1.82) is 0 Å². The number of fused-ring (bicyclic) bond motifs is 1. The summed E-state index contributed by atoms with van der Waals surface area (Å²) in [6.45, 7) is 3.03. The third-order valence-corrected chi connectivity index (χ3v) is 5.98. The number of hydrogen-bond acceptors (Lipinski definition) is 6. The van der Waals surface area contributed by atoms with Crippen molar-refractivity contribution in [2.75, 3.05) is 6.61 Å². The Balaban J connectivity index is 0.00000124. The average Bonchev–Trinajstić information content (AvgIpc) is 3.24. The van der Waals surface area contributed by atoms with E-state index in [4.69, 9.17) is 26.2 Å². The van der Waals surface area contributed by atoms with Gasteiger partial charge in [0.05, 0.1) is 5.69 Å². The predicted octanol–water partition coefficient (Wildman–Crippen LogP) is 6.93. The number of ether oxygens (including phenoxy) is 2. The fraction of sp³-hybridized carbons (Fsp3) is 0.0968. The van der Waals surface area contributed by atoms with Gasteiger partial charge in [-0.15, -0.1) is 7.05 Å². The molecule has 0 aliphatic heterocycles. The van der Waals surface area contributed by atoms with Gasteiger partial charge in [-0.2, -0.15) is 0 Å². The fourth-order valence-corrected chi connectivity index (χ4v) is 3.98. The molecule has 0 atom stereocenters. The smallest absolute Gasteiger partial charge is 0.334 e. The van der Waals surface area contributed by atoms with E-state index in [0.717, 1.165) is 6.07 Å². The normalized spacial score (nSPS) is 10.2. The molecule has 8 nitrogen and oxygen atoms in total. The third kappa shape index (κ3) is 8.18. The SMILES string of the molecule is [CH2-]CO.[CH2-]n1c(Cc2ccc(Oc3ccnc(COc4ccc(Cl)cc4F)c3)cc2F)nc2ccc(C(=O)O)cc21.[CH3-].[Es]. The van der Waals surface area contributed by atoms with E-state index in [2.05, 4.69) is 23.9 Å². The minimum atomic E-state index is -1.06. The van der Waals surface area contributed by atoms with Crippen LogP contribution >= 0.6 is 11.6 Å². The zero-order valence-electron chi connectivity index (χ0n) is 22.9. The molecule has 2 N–H and O–H groups in total. The minimum absolute atomic E-state index is 0. The molecule has 0 spiro atoms. The predicted molar refractivity (Wildman–Crippen MR) is 156 cm³/mol. The maximum Gasteiger partial charge on any atom is 0.334 e. The third-order valence-electron chi connectivity index (χ3n) is 5.74. The first-order valence-electron chi connectivity index (χ1n) is 12.1. The number of aliphatic hydroxyl groups excluding tert-OH is 1. The molecule has 231 valence electrons. The summed E-state index contributed by atoms with van der Waals surface area (Å²) in [4.78, 5) is 19.9. The van der Waals surface area contributed by atoms with E-state index < -0.39 is 17.6 Å². The van der Waals surface area contributed by atoms with Gasteiger partial charge in [-0.1, -0.05) is 30.3 Å². The summed E-state index contributed by atoms with van der Waals surface area (Å²) in [7, 11) is 3.93. The molecule has 0 saturated heterocycles. The molecule has 43 heavy (non-hydrogen) atoms. The topological polar surface area (TPSA) is 107 Å². The molecule has 0 saturated carbocycles. The van der Waals surface area contributed by atoms with Crippen LogP contribution in [-0.2, 0) is 13.0 Å². The number of rotatable bonds is 8. The number of imidazole rings is 1. The van der Waals surface area contributed by atoms with Crippen molar-refractivity contribution in [1.82, 2.24) is 14.5 Å². The summed E-state index contributed by atoms with van der Waals surface area (Å²) < 4.78 is 41.6. The van der Waals surface area contributed by atoms with Gasteiger partial charge in [-0.05, 0) is 60.0 Å². The molecule has 2 heterocycles. The first kappa shape index (κ1) is 33.5. The number of halogens is 3. The Morgan fingerprint density at radius 3 is 2.40 bits per heavy atom. The van der Waals surface area contributed by atoms with E-state index in [0.29, 0.717) is 33.9 Å². The summed E-state index contributed by atoms with van der Waals surface area (Å²) in [5.41, 5.74) is 2.07. The van der Waals surface area contributed by atoms with Gasteiger partial charge in [0.25, 0.3) is 0 Å². The Kier molecular flexibility index (Phi) is 11.6. The number of pyridine rings is 1. The first-order chi connectivity index (χ1) is 19.7. The van der Waals surface area contributed by atoms with Gasteiger partial charge in [0.2, 0.25) is 0 Å². The Bertz CT molecular complexity index is 1700. The summed E-state index contributed by atoms with van der Waals surface area (Å²) in [5, 5.41) is 16.9. The number of nitrogens with zero attached hydrogens (tertiary/aromatic N) is 3. The van der Waals surface area contributed by atoms with Crippen LogP contribution in [0.2, 0.25) is 5.02 Å². The van der Waals surface area contributed by atoms with Gasteiger partial charge in [-0.3, -0.25) is 4.98 Å². The standard InChI is InChI=1S/C28H19ClF2N3O4.C2H5O.CH3.Es/c1-34-25-10-17(28(35)36)3-6-24(25)33-27(34)11-16-2-5-20(14-22(16)30)38-21-8-9-32-19(13-21)15-37-26-7-4-18(29)12-23(26)31;1-2-3;;/h2-10,12-14H,1,11,15H2,(H,35,36);3H,1-2H2;1H3;/q3*-1;. The van der Waals surface area contributed by atoms with E-state index in [9.17, 15) is 18.7 Å². The van der Waals surface area contributed by atoms with Crippen molar-refractivity contribution in [2.24, 2.45) is 0 Å². The number of carboxylic acid groups (broad SMARTS) is 1. The summed E-state index contributed by atoms with van der Waals surface area (Å²) >= 11 is 5.76. The molecular weight excluding hydrogens is 820 g/mol. The molecule has 0 unspecified atom stereocenters. The van der Waals surface area contributed by atoms with Crippen molar-refractivity contribution in [3.05, 3.63) is 134 Å². The van der Waals surface area contributed by atoms with Crippen LogP contribution in [0.3, 0.4) is 0 Å². The van der Waals surface area contributed by atoms with E-state index in [-0.39, 0.29) is 49.1 Å². The van der Waals surface area contributed by atoms with Gasteiger partial charge in [-0.25, -0.2) is 13.6 Å². The van der Waals surface area contributed by atoms with E-state index in [1.165, 1.54) is 41.1 Å². The zero-order valence-corrected chi connectivity index (χ0v) is 26.1. The maximum atomic E-state index is 15.0. The van der Waals surface area contributed by atoms with Crippen molar-refractivity contribution >= 4 is 28.6 Å². The van der Waals surface area contributed by atoms with Crippen LogP contribution in [0.25, 0.3) is 11.0 Å². The fourth-order valence-electron chi connectivity index (χ4n) is 3.82. The summed E-state index contributed by atoms with van der Waals surface area (Å²) in [6.07, 6.45) is 1.65. The molecule has 0 amide bonds. The molecule has 2 aromatic heterocycles. The van der Waals surface area contributed by atoms with E-state index in [1.807, 2.05) is 0 Å². The van der Waals surface area contributed by atoms with Crippen molar-refractivity contribution in [2.45, 2.75) is 13.0 Å². The molecule has 0 bridgehead atoms. The van der Waals surface area contributed by atoms with Gasteiger partial charge in [0.1, 0.15) is 23.9 Å². The van der Waals surface area contributed by atoms with E-state index >= 15 is 0 Å². The number of aromatic nitrogens is 3. The maximum absolute atomic E-state index is 15.0. The number of carboxylic acids is 1. The molecule has 0 aliphatic rings. The second-order valence-corrected chi connectivity index (χ2v) is 9.00. The van der Waals surface area contributed by atoms with Crippen molar-refractivity contribution < 1.29 is 33.3 Å². The van der Waals surface area contributed by atoms with Crippen molar-refractivity contribution in [3.8, 4) is 17.2 Å².